The molecule has 18 heavy (non-hydrogen) atoms. The molecule has 1 heterocycles. The van der Waals surface area contributed by atoms with Crippen molar-refractivity contribution in [1.29, 1.82) is 0 Å². The van der Waals surface area contributed by atoms with Crippen LogP contribution in [0.4, 0.5) is 11.8 Å². The van der Waals surface area contributed by atoms with E-state index in [-0.39, 0.29) is 12.5 Å². The van der Waals surface area contributed by atoms with E-state index >= 15 is 0 Å². The van der Waals surface area contributed by atoms with Gasteiger partial charge in [0.2, 0.25) is 11.9 Å². The number of nitrogens with one attached hydrogen (secondary N) is 1. The van der Waals surface area contributed by atoms with Crippen LogP contribution >= 0.6 is 0 Å². The van der Waals surface area contributed by atoms with Crippen molar-refractivity contribution < 1.29 is 4.79 Å². The molecule has 1 rings (SSSR count). The summed E-state index contributed by atoms with van der Waals surface area (Å²) in [5.41, 5.74) is 8.43. The molecule has 1 aromatic heterocycles. The van der Waals surface area contributed by atoms with Gasteiger partial charge in [0.1, 0.15) is 5.82 Å². The molecule has 0 aromatic carbocycles. The number of hydrogen-bond donors (Lipinski definition) is 3. The third kappa shape index (κ3) is 4.17. The van der Waals surface area contributed by atoms with Crippen molar-refractivity contribution >= 4 is 17.7 Å². The second-order valence-corrected chi connectivity index (χ2v) is 4.08. The monoisotopic (exact) mass is 252 g/mol. The number of amides is 1. The van der Waals surface area contributed by atoms with Gasteiger partial charge in [0.15, 0.2) is 0 Å². The van der Waals surface area contributed by atoms with Gasteiger partial charge in [0.25, 0.3) is 0 Å². The number of nitrogen functional groups attached to an aromatic ring is 1. The normalized spacial score (nSPS) is 10.2. The number of aromatic nitrogens is 2. The first-order chi connectivity index (χ1) is 8.56. The van der Waals surface area contributed by atoms with Crippen molar-refractivity contribution in [2.75, 3.05) is 23.4 Å². The van der Waals surface area contributed by atoms with Crippen molar-refractivity contribution in [3.8, 4) is 0 Å². The second kappa shape index (κ2) is 6.75. The lowest BCUT2D eigenvalue weighted by Crippen LogP contribution is -2.35. The summed E-state index contributed by atoms with van der Waals surface area (Å²) in [7, 11) is 0. The van der Waals surface area contributed by atoms with E-state index in [9.17, 15) is 4.79 Å². The Morgan fingerprint density at radius 2 is 2.22 bits per heavy atom. The van der Waals surface area contributed by atoms with Gasteiger partial charge in [-0.05, 0) is 13.3 Å². The van der Waals surface area contributed by atoms with Crippen LogP contribution in [0.1, 0.15) is 25.5 Å². The fourth-order valence-electron chi connectivity index (χ4n) is 1.59. The van der Waals surface area contributed by atoms with Gasteiger partial charge < -0.3 is 10.6 Å². The van der Waals surface area contributed by atoms with E-state index in [0.29, 0.717) is 11.8 Å². The second-order valence-electron chi connectivity index (χ2n) is 4.08. The molecule has 7 heteroatoms. The Labute approximate surface area is 107 Å². The minimum Gasteiger partial charge on any atom is -0.368 e. The Morgan fingerprint density at radius 3 is 2.78 bits per heavy atom. The van der Waals surface area contributed by atoms with Gasteiger partial charge in [-0.3, -0.25) is 10.2 Å². The standard InChI is InChI=1S/C11H20N6O/c1-3-4-5-17(7-9(12)18)10-6-8(2)14-11(15-10)16-13/h6H,3-5,7,13H2,1-2H3,(H2,12,18)(H,14,15,16). The Balaban J connectivity index is 2.95. The molecule has 0 radical (unpaired) electrons. The SMILES string of the molecule is CCCCN(CC(N)=O)c1cc(C)nc(NN)n1. The molecule has 7 nitrogen and oxygen atoms in total. The van der Waals surface area contributed by atoms with Gasteiger partial charge >= 0.3 is 0 Å². The zero-order valence-corrected chi connectivity index (χ0v) is 10.8. The van der Waals surface area contributed by atoms with Crippen LogP contribution in [0.5, 0.6) is 0 Å². The highest BCUT2D eigenvalue weighted by Gasteiger charge is 2.12. The first-order valence-electron chi connectivity index (χ1n) is 5.92. The highest BCUT2D eigenvalue weighted by atomic mass is 16.1. The summed E-state index contributed by atoms with van der Waals surface area (Å²) < 4.78 is 0. The number of nitrogens with zero attached hydrogens (tertiary/aromatic N) is 3. The molecule has 1 amide bonds. The van der Waals surface area contributed by atoms with Crippen molar-refractivity contribution in [3.05, 3.63) is 11.8 Å². The number of carbonyl (C=O) groups is 1. The van der Waals surface area contributed by atoms with Gasteiger partial charge in [-0.15, -0.1) is 0 Å². The van der Waals surface area contributed by atoms with Crippen LogP contribution in [0, 0.1) is 6.92 Å². The highest BCUT2D eigenvalue weighted by Crippen LogP contribution is 2.14. The predicted molar refractivity (Wildman–Crippen MR) is 70.9 cm³/mol. The van der Waals surface area contributed by atoms with Gasteiger partial charge in [0, 0.05) is 18.3 Å². The number of unbranched alkanes of at least 4 members (excludes halogenated alkanes) is 1. The quantitative estimate of drug-likeness (QED) is 0.471. The molecular weight excluding hydrogens is 232 g/mol. The summed E-state index contributed by atoms with van der Waals surface area (Å²) in [6.07, 6.45) is 1.99. The van der Waals surface area contributed by atoms with E-state index in [1.807, 2.05) is 11.8 Å². The molecule has 0 unspecified atom stereocenters. The van der Waals surface area contributed by atoms with Crippen LogP contribution in [-0.4, -0.2) is 29.0 Å². The van der Waals surface area contributed by atoms with E-state index in [0.717, 1.165) is 25.1 Å². The summed E-state index contributed by atoms with van der Waals surface area (Å²) in [5.74, 6) is 5.90. The first-order valence-corrected chi connectivity index (χ1v) is 5.92. The zero-order chi connectivity index (χ0) is 13.5. The lowest BCUT2D eigenvalue weighted by Gasteiger charge is -2.22. The molecule has 0 atom stereocenters. The molecule has 0 aliphatic rings. The highest BCUT2D eigenvalue weighted by molar-refractivity contribution is 5.79. The Morgan fingerprint density at radius 1 is 1.50 bits per heavy atom. The van der Waals surface area contributed by atoms with E-state index in [2.05, 4.69) is 22.3 Å². The maximum Gasteiger partial charge on any atom is 0.239 e. The molecule has 0 aliphatic heterocycles. The molecule has 100 valence electrons. The van der Waals surface area contributed by atoms with Crippen LogP contribution < -0.4 is 21.9 Å². The van der Waals surface area contributed by atoms with E-state index < -0.39 is 0 Å². The maximum atomic E-state index is 11.1. The number of rotatable bonds is 7. The average Bonchev–Trinajstić information content (AvgIpc) is 2.33. The molecule has 5 N–H and O–H groups in total. The van der Waals surface area contributed by atoms with E-state index in [1.165, 1.54) is 0 Å². The van der Waals surface area contributed by atoms with Crippen LogP contribution in [0.25, 0.3) is 0 Å². The molecule has 0 aliphatic carbocycles. The third-order valence-electron chi connectivity index (χ3n) is 2.42. The molecule has 0 saturated carbocycles. The van der Waals surface area contributed by atoms with Crippen LogP contribution in [0.3, 0.4) is 0 Å². The lowest BCUT2D eigenvalue weighted by atomic mass is 10.3. The fraction of sp³-hybridized carbons (Fsp3) is 0.545. The average molecular weight is 252 g/mol. The minimum atomic E-state index is -0.385. The molecule has 1 aromatic rings. The van der Waals surface area contributed by atoms with Crippen LogP contribution in [-0.2, 0) is 4.79 Å². The zero-order valence-electron chi connectivity index (χ0n) is 10.8. The summed E-state index contributed by atoms with van der Waals surface area (Å²) >= 11 is 0. The van der Waals surface area contributed by atoms with Gasteiger partial charge in [-0.1, -0.05) is 13.3 Å². The smallest absolute Gasteiger partial charge is 0.239 e. The summed E-state index contributed by atoms with van der Waals surface area (Å²) in [5, 5.41) is 0. The molecule has 0 bridgehead atoms. The number of nitrogens with two attached hydrogens (primary N) is 2. The number of anilines is 2. The van der Waals surface area contributed by atoms with Crippen molar-refractivity contribution in [2.45, 2.75) is 26.7 Å². The lowest BCUT2D eigenvalue weighted by molar-refractivity contribution is -0.116. The molecule has 0 saturated heterocycles. The topological polar surface area (TPSA) is 110 Å². The number of hydrazine groups is 1. The first kappa shape index (κ1) is 14.2. The molecular formula is C11H20N6O. The maximum absolute atomic E-state index is 11.1. The van der Waals surface area contributed by atoms with E-state index in [4.69, 9.17) is 11.6 Å². The third-order valence-corrected chi connectivity index (χ3v) is 2.42. The van der Waals surface area contributed by atoms with Crippen LogP contribution in [0.15, 0.2) is 6.07 Å². The van der Waals surface area contributed by atoms with Crippen molar-refractivity contribution in [2.24, 2.45) is 11.6 Å². The Kier molecular flexibility index (Phi) is 5.31. The number of primary amides is 1. The molecule has 0 fully saturated rings. The van der Waals surface area contributed by atoms with Crippen molar-refractivity contribution in [3.63, 3.8) is 0 Å². The Bertz CT molecular complexity index is 409. The van der Waals surface area contributed by atoms with Gasteiger partial charge in [0.05, 0.1) is 6.54 Å². The largest absolute Gasteiger partial charge is 0.368 e. The number of aryl methyl sites for hydroxylation is 1. The van der Waals surface area contributed by atoms with E-state index in [1.54, 1.807) is 6.07 Å². The van der Waals surface area contributed by atoms with Gasteiger partial charge in [-0.2, -0.15) is 4.98 Å². The predicted octanol–water partition coefficient (Wildman–Crippen LogP) is 0.162. The number of carbonyl (C=O) groups excluding carboxylic acids is 1. The Hall–Kier alpha value is -1.89. The summed E-state index contributed by atoms with van der Waals surface area (Å²) in [4.78, 5) is 21.3. The fourth-order valence-corrected chi connectivity index (χ4v) is 1.59. The minimum absolute atomic E-state index is 0.139. The molecule has 0 spiro atoms. The number of hydrogen-bond acceptors (Lipinski definition) is 6. The summed E-state index contributed by atoms with van der Waals surface area (Å²) in [6, 6.07) is 1.80. The van der Waals surface area contributed by atoms with Gasteiger partial charge in [-0.25, -0.2) is 10.8 Å². The summed E-state index contributed by atoms with van der Waals surface area (Å²) in [6.45, 7) is 4.79. The van der Waals surface area contributed by atoms with Crippen molar-refractivity contribution in [1.82, 2.24) is 9.97 Å². The van der Waals surface area contributed by atoms with Crippen LogP contribution in [0.2, 0.25) is 0 Å².